The van der Waals surface area contributed by atoms with Gasteiger partial charge in [0.2, 0.25) is 11.8 Å². The number of aryl methyl sites for hydroxylation is 1. The molecule has 0 spiro atoms. The highest BCUT2D eigenvalue weighted by atomic mass is 16.2. The Bertz CT molecular complexity index is 499. The average Bonchev–Trinajstić information content (AvgIpc) is 2.90. The summed E-state index contributed by atoms with van der Waals surface area (Å²) in [7, 11) is 0. The number of piperidine rings is 1. The van der Waals surface area contributed by atoms with Gasteiger partial charge < -0.3 is 14.8 Å². The molecule has 2 heterocycles. The maximum Gasteiger partial charge on any atom is 0.240 e. The van der Waals surface area contributed by atoms with Crippen LogP contribution in [-0.2, 0) is 16.1 Å². The SMILES string of the molecule is CCCn1cnnc1C(C)NC(=O)CN1CCCCC1=O. The van der Waals surface area contributed by atoms with E-state index in [1.54, 1.807) is 11.2 Å². The van der Waals surface area contributed by atoms with Gasteiger partial charge in [-0.3, -0.25) is 9.59 Å². The molecule has 1 N–H and O–H groups in total. The molecule has 116 valence electrons. The van der Waals surface area contributed by atoms with E-state index in [1.165, 1.54) is 0 Å². The zero-order valence-corrected chi connectivity index (χ0v) is 12.7. The molecule has 0 aliphatic carbocycles. The van der Waals surface area contributed by atoms with Gasteiger partial charge in [-0.15, -0.1) is 10.2 Å². The van der Waals surface area contributed by atoms with E-state index in [1.807, 2.05) is 11.5 Å². The van der Waals surface area contributed by atoms with E-state index in [4.69, 9.17) is 0 Å². The number of rotatable bonds is 6. The fourth-order valence-corrected chi connectivity index (χ4v) is 2.57. The van der Waals surface area contributed by atoms with Crippen LogP contribution in [0.15, 0.2) is 6.33 Å². The van der Waals surface area contributed by atoms with Crippen LogP contribution in [0.25, 0.3) is 0 Å². The van der Waals surface area contributed by atoms with Crippen molar-refractivity contribution >= 4 is 11.8 Å². The molecule has 0 radical (unpaired) electrons. The van der Waals surface area contributed by atoms with Crippen molar-refractivity contribution in [3.8, 4) is 0 Å². The molecule has 7 heteroatoms. The number of nitrogens with zero attached hydrogens (tertiary/aromatic N) is 4. The first-order valence-electron chi connectivity index (χ1n) is 7.56. The van der Waals surface area contributed by atoms with Gasteiger partial charge in [-0.25, -0.2) is 0 Å². The molecule has 7 nitrogen and oxygen atoms in total. The molecule has 21 heavy (non-hydrogen) atoms. The first-order valence-corrected chi connectivity index (χ1v) is 7.56. The van der Waals surface area contributed by atoms with Gasteiger partial charge in [0.1, 0.15) is 6.33 Å². The number of nitrogens with one attached hydrogen (secondary N) is 1. The second-order valence-electron chi connectivity index (χ2n) is 5.44. The minimum absolute atomic E-state index is 0.0678. The summed E-state index contributed by atoms with van der Waals surface area (Å²) >= 11 is 0. The van der Waals surface area contributed by atoms with Crippen molar-refractivity contribution in [3.63, 3.8) is 0 Å². The molecule has 1 aliphatic heterocycles. The lowest BCUT2D eigenvalue weighted by molar-refractivity contribution is -0.138. The lowest BCUT2D eigenvalue weighted by Gasteiger charge is -2.26. The average molecular weight is 293 g/mol. The Kier molecular flexibility index (Phi) is 5.30. The Balaban J connectivity index is 1.89. The van der Waals surface area contributed by atoms with Gasteiger partial charge in [0, 0.05) is 19.5 Å². The van der Waals surface area contributed by atoms with Crippen LogP contribution in [0, 0.1) is 0 Å². The molecule has 0 aromatic carbocycles. The predicted molar refractivity (Wildman–Crippen MR) is 77.3 cm³/mol. The standard InChI is InChI=1S/C14H23N5O2/c1-3-7-19-10-15-17-14(19)11(2)16-12(20)9-18-8-5-4-6-13(18)21/h10-11H,3-9H2,1-2H3,(H,16,20). The molecular formula is C14H23N5O2. The Hall–Kier alpha value is -1.92. The summed E-state index contributed by atoms with van der Waals surface area (Å²) in [5.74, 6) is 0.664. The Morgan fingerprint density at radius 1 is 1.48 bits per heavy atom. The van der Waals surface area contributed by atoms with E-state index in [-0.39, 0.29) is 24.4 Å². The predicted octanol–water partition coefficient (Wildman–Crippen LogP) is 0.878. The highest BCUT2D eigenvalue weighted by molar-refractivity contribution is 5.85. The normalized spacial score (nSPS) is 16.9. The second-order valence-corrected chi connectivity index (χ2v) is 5.44. The highest BCUT2D eigenvalue weighted by Crippen LogP contribution is 2.12. The van der Waals surface area contributed by atoms with Gasteiger partial charge in [0.15, 0.2) is 5.82 Å². The van der Waals surface area contributed by atoms with Gasteiger partial charge in [-0.1, -0.05) is 6.92 Å². The first kappa shape index (κ1) is 15.5. The molecule has 1 atom stereocenters. The molecule has 0 bridgehead atoms. The molecule has 0 saturated carbocycles. The quantitative estimate of drug-likeness (QED) is 0.844. The number of aromatic nitrogens is 3. The molecule has 1 aliphatic rings. The monoisotopic (exact) mass is 293 g/mol. The molecule has 1 aromatic heterocycles. The van der Waals surface area contributed by atoms with Crippen LogP contribution in [-0.4, -0.2) is 44.6 Å². The minimum Gasteiger partial charge on any atom is -0.345 e. The zero-order chi connectivity index (χ0) is 15.2. The Labute approximate surface area is 124 Å². The fraction of sp³-hybridized carbons (Fsp3) is 0.714. The third-order valence-electron chi connectivity index (χ3n) is 3.63. The lowest BCUT2D eigenvalue weighted by Crippen LogP contribution is -2.43. The Morgan fingerprint density at radius 3 is 3.00 bits per heavy atom. The smallest absolute Gasteiger partial charge is 0.240 e. The summed E-state index contributed by atoms with van der Waals surface area (Å²) < 4.78 is 1.94. The summed E-state index contributed by atoms with van der Waals surface area (Å²) in [5.41, 5.74) is 0. The molecule has 1 unspecified atom stereocenters. The lowest BCUT2D eigenvalue weighted by atomic mass is 10.1. The molecule has 2 amide bonds. The van der Waals surface area contributed by atoms with Crippen LogP contribution >= 0.6 is 0 Å². The summed E-state index contributed by atoms with van der Waals surface area (Å²) in [6, 6.07) is -0.216. The summed E-state index contributed by atoms with van der Waals surface area (Å²) in [5, 5.41) is 10.9. The number of hydrogen-bond acceptors (Lipinski definition) is 4. The van der Waals surface area contributed by atoms with Crippen molar-refractivity contribution in [2.45, 2.75) is 52.1 Å². The van der Waals surface area contributed by atoms with Crippen molar-refractivity contribution in [1.29, 1.82) is 0 Å². The number of amides is 2. The van der Waals surface area contributed by atoms with Crippen molar-refractivity contribution in [2.24, 2.45) is 0 Å². The van der Waals surface area contributed by atoms with Crippen LogP contribution in [0.3, 0.4) is 0 Å². The molecule has 2 rings (SSSR count). The van der Waals surface area contributed by atoms with Crippen molar-refractivity contribution in [1.82, 2.24) is 25.0 Å². The van der Waals surface area contributed by atoms with Crippen LogP contribution < -0.4 is 5.32 Å². The van der Waals surface area contributed by atoms with E-state index in [9.17, 15) is 9.59 Å². The first-order chi connectivity index (χ1) is 10.1. The largest absolute Gasteiger partial charge is 0.345 e. The molecule has 1 aromatic rings. The number of hydrogen-bond donors (Lipinski definition) is 1. The molecule has 1 saturated heterocycles. The van der Waals surface area contributed by atoms with Gasteiger partial charge in [-0.05, 0) is 26.2 Å². The van der Waals surface area contributed by atoms with Gasteiger partial charge >= 0.3 is 0 Å². The van der Waals surface area contributed by atoms with Crippen molar-refractivity contribution in [2.75, 3.05) is 13.1 Å². The summed E-state index contributed by atoms with van der Waals surface area (Å²) in [4.78, 5) is 25.4. The van der Waals surface area contributed by atoms with Crippen molar-refractivity contribution in [3.05, 3.63) is 12.2 Å². The van der Waals surface area contributed by atoms with E-state index in [0.29, 0.717) is 13.0 Å². The van der Waals surface area contributed by atoms with E-state index < -0.39 is 0 Å². The number of carbonyl (C=O) groups excluding carboxylic acids is 2. The van der Waals surface area contributed by atoms with Gasteiger partial charge in [-0.2, -0.15) is 0 Å². The van der Waals surface area contributed by atoms with Gasteiger partial charge in [0.05, 0.1) is 12.6 Å². The number of carbonyl (C=O) groups is 2. The van der Waals surface area contributed by atoms with Crippen LogP contribution in [0.2, 0.25) is 0 Å². The minimum atomic E-state index is -0.216. The maximum atomic E-state index is 12.1. The Morgan fingerprint density at radius 2 is 2.29 bits per heavy atom. The number of likely N-dealkylation sites (tertiary alicyclic amines) is 1. The zero-order valence-electron chi connectivity index (χ0n) is 12.7. The van der Waals surface area contributed by atoms with Crippen molar-refractivity contribution < 1.29 is 9.59 Å². The maximum absolute atomic E-state index is 12.1. The third kappa shape index (κ3) is 4.03. The third-order valence-corrected chi connectivity index (χ3v) is 3.63. The van der Waals surface area contributed by atoms with E-state index in [2.05, 4.69) is 22.4 Å². The highest BCUT2D eigenvalue weighted by Gasteiger charge is 2.22. The van der Waals surface area contributed by atoms with Gasteiger partial charge in [0.25, 0.3) is 0 Å². The van der Waals surface area contributed by atoms with Crippen LogP contribution in [0.1, 0.15) is 51.4 Å². The molecule has 1 fully saturated rings. The molecular weight excluding hydrogens is 270 g/mol. The summed E-state index contributed by atoms with van der Waals surface area (Å²) in [6.45, 7) is 5.59. The topological polar surface area (TPSA) is 80.1 Å². The van der Waals surface area contributed by atoms with Crippen LogP contribution in [0.4, 0.5) is 0 Å². The second kappa shape index (κ2) is 7.19. The van der Waals surface area contributed by atoms with E-state index in [0.717, 1.165) is 31.6 Å². The fourth-order valence-electron chi connectivity index (χ4n) is 2.57. The van der Waals surface area contributed by atoms with E-state index >= 15 is 0 Å². The van der Waals surface area contributed by atoms with Crippen LogP contribution in [0.5, 0.6) is 0 Å². The summed E-state index contributed by atoms with van der Waals surface area (Å²) in [6.07, 6.45) is 5.10.